The van der Waals surface area contributed by atoms with Gasteiger partial charge in [-0.15, -0.1) is 0 Å². The SMILES string of the molecule is O=C(NC1CCN(C(=O)c2ccco2)CC1)c1ccccc1F. The van der Waals surface area contributed by atoms with E-state index in [1.807, 2.05) is 0 Å². The van der Waals surface area contributed by atoms with Crippen LogP contribution in [0.25, 0.3) is 0 Å². The Balaban J connectivity index is 1.54. The summed E-state index contributed by atoms with van der Waals surface area (Å²) in [5.74, 6) is -0.776. The Morgan fingerprint density at radius 1 is 1.13 bits per heavy atom. The molecular formula is C17H17FN2O3. The first kappa shape index (κ1) is 15.3. The number of halogens is 1. The van der Waals surface area contributed by atoms with Crippen LogP contribution in [0.3, 0.4) is 0 Å². The topological polar surface area (TPSA) is 62.6 Å². The van der Waals surface area contributed by atoms with Gasteiger partial charge in [-0.25, -0.2) is 4.39 Å². The maximum atomic E-state index is 13.6. The number of likely N-dealkylation sites (tertiary alicyclic amines) is 1. The highest BCUT2D eigenvalue weighted by atomic mass is 19.1. The third-order valence-corrected chi connectivity index (χ3v) is 3.97. The Morgan fingerprint density at radius 2 is 1.87 bits per heavy atom. The van der Waals surface area contributed by atoms with Gasteiger partial charge in [-0.1, -0.05) is 12.1 Å². The molecule has 1 aromatic heterocycles. The van der Waals surface area contributed by atoms with Gasteiger partial charge in [0, 0.05) is 19.1 Å². The molecule has 1 aromatic carbocycles. The van der Waals surface area contributed by atoms with Crippen LogP contribution in [-0.2, 0) is 0 Å². The Labute approximate surface area is 133 Å². The molecule has 0 aliphatic carbocycles. The Morgan fingerprint density at radius 3 is 2.52 bits per heavy atom. The Hall–Kier alpha value is -2.63. The molecule has 1 N–H and O–H groups in total. The molecule has 0 unspecified atom stereocenters. The Bertz CT molecular complexity index is 692. The lowest BCUT2D eigenvalue weighted by atomic mass is 10.0. The summed E-state index contributed by atoms with van der Waals surface area (Å²) in [6.45, 7) is 1.06. The number of carbonyl (C=O) groups is 2. The van der Waals surface area contributed by atoms with Crippen LogP contribution in [0.4, 0.5) is 4.39 Å². The van der Waals surface area contributed by atoms with Gasteiger partial charge in [0.15, 0.2) is 5.76 Å². The first-order valence-electron chi connectivity index (χ1n) is 7.53. The van der Waals surface area contributed by atoms with Crippen molar-refractivity contribution in [2.45, 2.75) is 18.9 Å². The molecule has 2 heterocycles. The summed E-state index contributed by atoms with van der Waals surface area (Å²) in [7, 11) is 0. The number of rotatable bonds is 3. The first-order valence-corrected chi connectivity index (χ1v) is 7.53. The van der Waals surface area contributed by atoms with Crippen LogP contribution in [-0.4, -0.2) is 35.8 Å². The smallest absolute Gasteiger partial charge is 0.289 e. The monoisotopic (exact) mass is 316 g/mol. The molecule has 0 bridgehead atoms. The minimum absolute atomic E-state index is 0.0431. The van der Waals surface area contributed by atoms with Crippen LogP contribution < -0.4 is 5.32 Å². The van der Waals surface area contributed by atoms with E-state index < -0.39 is 11.7 Å². The van der Waals surface area contributed by atoms with Gasteiger partial charge in [0.05, 0.1) is 11.8 Å². The van der Waals surface area contributed by atoms with E-state index in [9.17, 15) is 14.0 Å². The molecule has 5 nitrogen and oxygen atoms in total. The number of hydrogen-bond donors (Lipinski definition) is 1. The summed E-state index contributed by atoms with van der Waals surface area (Å²) in [5, 5.41) is 2.83. The van der Waals surface area contributed by atoms with E-state index in [0.29, 0.717) is 31.7 Å². The van der Waals surface area contributed by atoms with Gasteiger partial charge in [-0.05, 0) is 37.1 Å². The summed E-state index contributed by atoms with van der Waals surface area (Å²) in [6.07, 6.45) is 2.73. The van der Waals surface area contributed by atoms with Gasteiger partial charge >= 0.3 is 0 Å². The van der Waals surface area contributed by atoms with Crippen LogP contribution >= 0.6 is 0 Å². The van der Waals surface area contributed by atoms with Crippen molar-refractivity contribution in [1.29, 1.82) is 0 Å². The van der Waals surface area contributed by atoms with E-state index in [0.717, 1.165) is 0 Å². The summed E-state index contributed by atoms with van der Waals surface area (Å²) < 4.78 is 18.7. The van der Waals surface area contributed by atoms with E-state index in [4.69, 9.17) is 4.42 Å². The first-order chi connectivity index (χ1) is 11.1. The second kappa shape index (κ2) is 6.64. The molecule has 120 valence electrons. The van der Waals surface area contributed by atoms with E-state index in [1.165, 1.54) is 18.4 Å². The lowest BCUT2D eigenvalue weighted by molar-refractivity contribution is 0.0667. The molecule has 6 heteroatoms. The van der Waals surface area contributed by atoms with Crippen molar-refractivity contribution in [3.8, 4) is 0 Å². The van der Waals surface area contributed by atoms with Crippen molar-refractivity contribution in [1.82, 2.24) is 10.2 Å². The summed E-state index contributed by atoms with van der Waals surface area (Å²) in [5.41, 5.74) is 0.0431. The molecule has 1 aliphatic rings. The van der Waals surface area contributed by atoms with Crippen molar-refractivity contribution in [3.63, 3.8) is 0 Å². The fraction of sp³-hybridized carbons (Fsp3) is 0.294. The number of hydrogen-bond acceptors (Lipinski definition) is 3. The molecule has 3 rings (SSSR count). The van der Waals surface area contributed by atoms with Gasteiger partial charge in [0.25, 0.3) is 11.8 Å². The van der Waals surface area contributed by atoms with Crippen molar-refractivity contribution in [3.05, 3.63) is 59.8 Å². The van der Waals surface area contributed by atoms with Gasteiger partial charge in [0.1, 0.15) is 5.82 Å². The zero-order valence-electron chi connectivity index (χ0n) is 12.5. The largest absolute Gasteiger partial charge is 0.459 e. The van der Waals surface area contributed by atoms with E-state index in [2.05, 4.69) is 5.32 Å². The molecule has 2 amide bonds. The normalized spacial score (nSPS) is 15.4. The highest BCUT2D eigenvalue weighted by Crippen LogP contribution is 2.15. The molecule has 0 spiro atoms. The lowest BCUT2D eigenvalue weighted by Gasteiger charge is -2.31. The van der Waals surface area contributed by atoms with Gasteiger partial charge in [0.2, 0.25) is 0 Å². The molecule has 1 fully saturated rings. The number of carbonyl (C=O) groups excluding carboxylic acids is 2. The minimum Gasteiger partial charge on any atom is -0.459 e. The molecule has 23 heavy (non-hydrogen) atoms. The minimum atomic E-state index is -0.532. The van der Waals surface area contributed by atoms with Gasteiger partial charge in [-0.3, -0.25) is 9.59 Å². The van der Waals surface area contributed by atoms with E-state index in [1.54, 1.807) is 29.2 Å². The predicted octanol–water partition coefficient (Wildman–Crippen LogP) is 2.45. The van der Waals surface area contributed by atoms with Gasteiger partial charge < -0.3 is 14.6 Å². The van der Waals surface area contributed by atoms with Crippen LogP contribution in [0.15, 0.2) is 47.1 Å². The number of amides is 2. The van der Waals surface area contributed by atoms with Crippen molar-refractivity contribution < 1.29 is 18.4 Å². The van der Waals surface area contributed by atoms with Crippen molar-refractivity contribution in [2.75, 3.05) is 13.1 Å². The van der Waals surface area contributed by atoms with Crippen molar-refractivity contribution >= 4 is 11.8 Å². The molecule has 2 aromatic rings. The molecule has 0 radical (unpaired) electrons. The van der Waals surface area contributed by atoms with Gasteiger partial charge in [-0.2, -0.15) is 0 Å². The predicted molar refractivity (Wildman–Crippen MR) is 81.5 cm³/mol. The molecule has 1 aliphatic heterocycles. The van der Waals surface area contributed by atoms with Crippen LogP contribution in [0.2, 0.25) is 0 Å². The van der Waals surface area contributed by atoms with Crippen LogP contribution in [0.1, 0.15) is 33.8 Å². The molecule has 0 saturated carbocycles. The molecule has 0 atom stereocenters. The van der Waals surface area contributed by atoms with E-state index in [-0.39, 0.29) is 17.5 Å². The maximum absolute atomic E-state index is 13.6. The highest BCUT2D eigenvalue weighted by molar-refractivity contribution is 5.94. The number of nitrogens with zero attached hydrogens (tertiary/aromatic N) is 1. The molecule has 1 saturated heterocycles. The second-order valence-corrected chi connectivity index (χ2v) is 5.50. The van der Waals surface area contributed by atoms with Crippen LogP contribution in [0, 0.1) is 5.82 Å². The third kappa shape index (κ3) is 3.41. The fourth-order valence-corrected chi connectivity index (χ4v) is 2.69. The summed E-state index contributed by atoms with van der Waals surface area (Å²) in [6, 6.07) is 9.14. The Kier molecular flexibility index (Phi) is 4.41. The van der Waals surface area contributed by atoms with E-state index >= 15 is 0 Å². The number of piperidine rings is 1. The zero-order chi connectivity index (χ0) is 16.2. The fourth-order valence-electron chi connectivity index (χ4n) is 2.69. The maximum Gasteiger partial charge on any atom is 0.289 e. The lowest BCUT2D eigenvalue weighted by Crippen LogP contribution is -2.46. The quantitative estimate of drug-likeness (QED) is 0.946. The third-order valence-electron chi connectivity index (χ3n) is 3.97. The average Bonchev–Trinajstić information content (AvgIpc) is 3.09. The summed E-state index contributed by atoms with van der Waals surface area (Å²) >= 11 is 0. The standard InChI is InChI=1S/C17H17FN2O3/c18-14-5-2-1-4-13(14)16(21)19-12-7-9-20(10-8-12)17(22)15-6-3-11-23-15/h1-6,11-12H,7-10H2,(H,19,21). The summed E-state index contributed by atoms with van der Waals surface area (Å²) in [4.78, 5) is 25.9. The molecular weight excluding hydrogens is 299 g/mol. The number of nitrogens with one attached hydrogen (secondary N) is 1. The second-order valence-electron chi connectivity index (χ2n) is 5.50. The number of benzene rings is 1. The van der Waals surface area contributed by atoms with Crippen LogP contribution in [0.5, 0.6) is 0 Å². The average molecular weight is 316 g/mol. The zero-order valence-corrected chi connectivity index (χ0v) is 12.5. The highest BCUT2D eigenvalue weighted by Gasteiger charge is 2.26. The number of furan rings is 1. The van der Waals surface area contributed by atoms with Crippen molar-refractivity contribution in [2.24, 2.45) is 0 Å².